The number of benzene rings is 2. The van der Waals surface area contributed by atoms with E-state index in [0.717, 1.165) is 18.5 Å². The summed E-state index contributed by atoms with van der Waals surface area (Å²) in [5.74, 6) is -0.159. The number of amides is 1. The van der Waals surface area contributed by atoms with Gasteiger partial charge in [-0.2, -0.15) is 0 Å². The summed E-state index contributed by atoms with van der Waals surface area (Å²) in [6.07, 6.45) is 1.58. The number of rotatable bonds is 8. The first-order valence-corrected chi connectivity index (χ1v) is 9.65. The zero-order valence-electron chi connectivity index (χ0n) is 16.4. The van der Waals surface area contributed by atoms with Crippen LogP contribution < -0.4 is 15.4 Å². The molecule has 7 heteroatoms. The fraction of sp³-hybridized carbons (Fsp3) is 0.364. The third kappa shape index (κ3) is 6.02. The van der Waals surface area contributed by atoms with E-state index in [0.29, 0.717) is 36.4 Å². The van der Waals surface area contributed by atoms with Crippen LogP contribution in [0.2, 0.25) is 0 Å². The molecule has 156 valence electrons. The lowest BCUT2D eigenvalue weighted by Gasteiger charge is -2.19. The van der Waals surface area contributed by atoms with Crippen molar-refractivity contribution >= 4 is 29.8 Å². The monoisotopic (exact) mass is 420 g/mol. The lowest BCUT2D eigenvalue weighted by Crippen LogP contribution is -2.25. The molecule has 0 aliphatic carbocycles. The average molecular weight is 421 g/mol. The van der Waals surface area contributed by atoms with Crippen LogP contribution in [0, 0.1) is 5.82 Å². The first-order valence-electron chi connectivity index (χ1n) is 9.65. The van der Waals surface area contributed by atoms with Crippen LogP contribution in [0.15, 0.2) is 36.4 Å². The van der Waals surface area contributed by atoms with E-state index < -0.39 is 0 Å². The number of Topliss-reactive ketones (excluding diaryl/α,β-unsaturated/α-hetero) is 1. The fourth-order valence-electron chi connectivity index (χ4n) is 3.17. The van der Waals surface area contributed by atoms with Crippen molar-refractivity contribution in [1.82, 2.24) is 5.32 Å². The molecule has 0 atom stereocenters. The minimum Gasteiger partial charge on any atom is -0.494 e. The summed E-state index contributed by atoms with van der Waals surface area (Å²) < 4.78 is 20.1. The van der Waals surface area contributed by atoms with Crippen molar-refractivity contribution in [2.75, 3.05) is 18.5 Å². The quantitative estimate of drug-likeness (QED) is 0.625. The molecule has 0 radical (unpaired) electrons. The number of ketones is 1. The van der Waals surface area contributed by atoms with Crippen LogP contribution in [0.3, 0.4) is 0 Å². The Morgan fingerprint density at radius 2 is 1.90 bits per heavy atom. The van der Waals surface area contributed by atoms with Gasteiger partial charge in [-0.3, -0.25) is 9.59 Å². The van der Waals surface area contributed by atoms with E-state index in [1.54, 1.807) is 30.3 Å². The number of anilines is 1. The molecule has 0 bridgehead atoms. The van der Waals surface area contributed by atoms with Crippen LogP contribution in [0.25, 0.3) is 0 Å². The van der Waals surface area contributed by atoms with Gasteiger partial charge in [-0.05, 0) is 60.8 Å². The summed E-state index contributed by atoms with van der Waals surface area (Å²) >= 11 is 0. The number of ether oxygens (including phenoxy) is 1. The second-order valence-electron chi connectivity index (χ2n) is 6.84. The predicted octanol–water partition coefficient (Wildman–Crippen LogP) is 4.28. The Morgan fingerprint density at radius 3 is 2.62 bits per heavy atom. The molecule has 2 N–H and O–H groups in total. The van der Waals surface area contributed by atoms with Crippen molar-refractivity contribution in [3.05, 3.63) is 58.9 Å². The van der Waals surface area contributed by atoms with E-state index in [-0.39, 0.29) is 48.4 Å². The molecule has 1 amide bonds. The van der Waals surface area contributed by atoms with Gasteiger partial charge >= 0.3 is 0 Å². The van der Waals surface area contributed by atoms with Gasteiger partial charge in [0.05, 0.1) is 12.3 Å². The van der Waals surface area contributed by atoms with E-state index in [4.69, 9.17) is 4.74 Å². The molecule has 1 heterocycles. The average Bonchev–Trinajstić information content (AvgIpc) is 2.73. The highest BCUT2D eigenvalue weighted by Gasteiger charge is 2.18. The topological polar surface area (TPSA) is 67.4 Å². The highest BCUT2D eigenvalue weighted by molar-refractivity contribution is 6.00. The Hall–Kier alpha value is -2.44. The van der Waals surface area contributed by atoms with Gasteiger partial charge in [0, 0.05) is 24.9 Å². The van der Waals surface area contributed by atoms with Crippen LogP contribution in [0.4, 0.5) is 10.1 Å². The van der Waals surface area contributed by atoms with Gasteiger partial charge in [0.15, 0.2) is 5.78 Å². The Balaban J connectivity index is 0.00000300. The van der Waals surface area contributed by atoms with Crippen LogP contribution in [0.5, 0.6) is 5.75 Å². The normalized spacial score (nSPS) is 12.5. The molecule has 0 aromatic heterocycles. The number of hydrogen-bond donors (Lipinski definition) is 2. The largest absolute Gasteiger partial charge is 0.494 e. The Bertz CT molecular complexity index is 856. The molecule has 2 aromatic carbocycles. The second-order valence-corrected chi connectivity index (χ2v) is 6.84. The number of carbonyl (C=O) groups is 2. The van der Waals surface area contributed by atoms with E-state index >= 15 is 0 Å². The number of carbonyl (C=O) groups excluding carboxylic acids is 2. The third-order valence-electron chi connectivity index (χ3n) is 4.71. The maximum atomic E-state index is 14.6. The SMILES string of the molecule is CCCOc1ccc(C(=O)CCC(=O)Nc2ccc3c(c2F)CCNC3)cc1.Cl. The fourth-order valence-corrected chi connectivity index (χ4v) is 3.17. The van der Waals surface area contributed by atoms with Gasteiger partial charge in [-0.15, -0.1) is 12.4 Å². The molecule has 3 rings (SSSR count). The molecule has 0 unspecified atom stereocenters. The molecule has 0 fully saturated rings. The highest BCUT2D eigenvalue weighted by atomic mass is 35.5. The summed E-state index contributed by atoms with van der Waals surface area (Å²) in [6, 6.07) is 10.3. The van der Waals surface area contributed by atoms with E-state index in [2.05, 4.69) is 10.6 Å². The van der Waals surface area contributed by atoms with Crippen LogP contribution in [-0.4, -0.2) is 24.8 Å². The molecule has 2 aromatic rings. The molecule has 0 saturated carbocycles. The van der Waals surface area contributed by atoms with Gasteiger partial charge in [-0.1, -0.05) is 13.0 Å². The van der Waals surface area contributed by atoms with E-state index in [1.165, 1.54) is 0 Å². The van der Waals surface area contributed by atoms with Crippen molar-refractivity contribution in [2.24, 2.45) is 0 Å². The Kier molecular flexibility index (Phi) is 8.61. The Morgan fingerprint density at radius 1 is 1.14 bits per heavy atom. The van der Waals surface area contributed by atoms with Gasteiger partial charge in [-0.25, -0.2) is 4.39 Å². The third-order valence-corrected chi connectivity index (χ3v) is 4.71. The summed E-state index contributed by atoms with van der Waals surface area (Å²) in [4.78, 5) is 24.5. The molecule has 0 spiro atoms. The zero-order valence-corrected chi connectivity index (χ0v) is 17.2. The number of halogens is 2. The Labute approximate surface area is 176 Å². The first-order chi connectivity index (χ1) is 13.6. The molecular weight excluding hydrogens is 395 g/mol. The summed E-state index contributed by atoms with van der Waals surface area (Å²) in [7, 11) is 0. The maximum absolute atomic E-state index is 14.6. The lowest BCUT2D eigenvalue weighted by atomic mass is 9.99. The summed E-state index contributed by atoms with van der Waals surface area (Å²) in [5.41, 5.74) is 2.28. The van der Waals surface area contributed by atoms with Gasteiger partial charge in [0.1, 0.15) is 11.6 Å². The maximum Gasteiger partial charge on any atom is 0.224 e. The standard InChI is InChI=1S/C22H25FN2O3.ClH/c1-2-13-28-17-6-3-15(4-7-17)20(26)9-10-21(27)25-19-8-5-16-14-24-12-11-18(16)22(19)23;/h3-8,24H,2,9-14H2,1H3,(H,25,27);1H. The lowest BCUT2D eigenvalue weighted by molar-refractivity contribution is -0.116. The molecule has 5 nitrogen and oxygen atoms in total. The zero-order chi connectivity index (χ0) is 19.9. The first kappa shape index (κ1) is 22.8. The second kappa shape index (κ2) is 10.9. The van der Waals surface area contributed by atoms with Gasteiger partial charge in [0.2, 0.25) is 5.91 Å². The molecule has 0 saturated heterocycles. The summed E-state index contributed by atoms with van der Waals surface area (Å²) in [6.45, 7) is 4.01. The smallest absolute Gasteiger partial charge is 0.224 e. The van der Waals surface area contributed by atoms with E-state index in [9.17, 15) is 14.0 Å². The van der Waals surface area contributed by atoms with Crippen LogP contribution in [-0.2, 0) is 17.8 Å². The summed E-state index contributed by atoms with van der Waals surface area (Å²) in [5, 5.41) is 5.78. The number of hydrogen-bond acceptors (Lipinski definition) is 4. The van der Waals surface area contributed by atoms with Gasteiger partial charge < -0.3 is 15.4 Å². The van der Waals surface area contributed by atoms with E-state index in [1.807, 2.05) is 13.0 Å². The highest BCUT2D eigenvalue weighted by Crippen LogP contribution is 2.24. The minimum absolute atomic E-state index is 0. The van der Waals surface area contributed by atoms with Crippen molar-refractivity contribution in [3.63, 3.8) is 0 Å². The van der Waals surface area contributed by atoms with Crippen LogP contribution >= 0.6 is 12.4 Å². The molecule has 1 aliphatic heterocycles. The van der Waals surface area contributed by atoms with Crippen LogP contribution in [0.1, 0.15) is 47.7 Å². The van der Waals surface area contributed by atoms with Crippen molar-refractivity contribution in [1.29, 1.82) is 0 Å². The van der Waals surface area contributed by atoms with Crippen molar-refractivity contribution < 1.29 is 18.7 Å². The number of fused-ring (bicyclic) bond motifs is 1. The number of nitrogens with one attached hydrogen (secondary N) is 2. The minimum atomic E-state index is -0.374. The van der Waals surface area contributed by atoms with Crippen molar-refractivity contribution in [3.8, 4) is 5.75 Å². The molecular formula is C22H26ClFN2O3. The molecule has 29 heavy (non-hydrogen) atoms. The molecule has 1 aliphatic rings. The predicted molar refractivity (Wildman–Crippen MR) is 113 cm³/mol. The van der Waals surface area contributed by atoms with Crippen molar-refractivity contribution in [2.45, 2.75) is 39.2 Å². The van der Waals surface area contributed by atoms with Gasteiger partial charge in [0.25, 0.3) is 0 Å².